The lowest BCUT2D eigenvalue weighted by Gasteiger charge is -2.21. The standard InChI is InChI=1S/C27H33FN6O2/c1-18(2)15-30-26-8-7-23(17-31-26)34(36-4)27(35)25-14-22(16-29-19(25)3)32-21-11-20(28)12-24(13-21)33-9-5-6-10-33/h7-8,11-14,16-18,32H,5-6,9-10,15H2,1-4H3,(H,30,31). The second kappa shape index (κ2) is 11.3. The van der Waals surface area contributed by atoms with Crippen LogP contribution in [0.5, 0.6) is 0 Å². The molecule has 8 nitrogen and oxygen atoms in total. The Morgan fingerprint density at radius 3 is 2.56 bits per heavy atom. The highest BCUT2D eigenvalue weighted by Crippen LogP contribution is 2.28. The highest BCUT2D eigenvalue weighted by atomic mass is 19.1. The van der Waals surface area contributed by atoms with Crippen LogP contribution in [0.25, 0.3) is 0 Å². The molecule has 0 aliphatic carbocycles. The number of rotatable bonds is 9. The summed E-state index contributed by atoms with van der Waals surface area (Å²) in [6, 6.07) is 10.2. The van der Waals surface area contributed by atoms with E-state index in [4.69, 9.17) is 4.84 Å². The number of nitrogens with zero attached hydrogens (tertiary/aromatic N) is 4. The topological polar surface area (TPSA) is 82.6 Å². The number of amides is 1. The van der Waals surface area contributed by atoms with E-state index in [-0.39, 0.29) is 11.7 Å². The van der Waals surface area contributed by atoms with Crippen molar-refractivity contribution < 1.29 is 14.0 Å². The van der Waals surface area contributed by atoms with Gasteiger partial charge in [-0.25, -0.2) is 9.37 Å². The summed E-state index contributed by atoms with van der Waals surface area (Å²) in [6.07, 6.45) is 5.42. The van der Waals surface area contributed by atoms with Crippen LogP contribution in [0.1, 0.15) is 42.7 Å². The first kappa shape index (κ1) is 25.4. The minimum absolute atomic E-state index is 0.317. The number of benzene rings is 1. The fourth-order valence-electron chi connectivity index (χ4n) is 4.12. The van der Waals surface area contributed by atoms with Crippen molar-refractivity contribution in [3.05, 3.63) is 65.9 Å². The summed E-state index contributed by atoms with van der Waals surface area (Å²) in [5.41, 5.74) is 3.42. The van der Waals surface area contributed by atoms with Crippen LogP contribution in [-0.4, -0.2) is 42.6 Å². The number of aryl methyl sites for hydroxylation is 1. The number of hydrogen-bond donors (Lipinski definition) is 2. The van der Waals surface area contributed by atoms with Gasteiger partial charge in [-0.2, -0.15) is 5.06 Å². The monoisotopic (exact) mass is 492 g/mol. The van der Waals surface area contributed by atoms with Gasteiger partial charge in [0.2, 0.25) is 0 Å². The molecule has 1 aliphatic rings. The number of carbonyl (C=O) groups is 1. The highest BCUT2D eigenvalue weighted by molar-refractivity contribution is 6.06. The van der Waals surface area contributed by atoms with Crippen molar-refractivity contribution in [1.82, 2.24) is 9.97 Å². The van der Waals surface area contributed by atoms with Crippen LogP contribution in [0.2, 0.25) is 0 Å². The van der Waals surface area contributed by atoms with E-state index >= 15 is 0 Å². The minimum atomic E-state index is -0.382. The van der Waals surface area contributed by atoms with E-state index in [0.717, 1.165) is 44.0 Å². The number of pyridine rings is 2. The van der Waals surface area contributed by atoms with E-state index in [2.05, 4.69) is 39.3 Å². The van der Waals surface area contributed by atoms with Crippen molar-refractivity contribution in [3.63, 3.8) is 0 Å². The Morgan fingerprint density at radius 2 is 1.89 bits per heavy atom. The summed E-state index contributed by atoms with van der Waals surface area (Å²) in [4.78, 5) is 29.8. The second-order valence-corrected chi connectivity index (χ2v) is 9.33. The molecule has 4 rings (SSSR count). The van der Waals surface area contributed by atoms with Crippen molar-refractivity contribution >= 4 is 34.5 Å². The first-order chi connectivity index (χ1) is 17.3. The van der Waals surface area contributed by atoms with Crippen LogP contribution in [0.3, 0.4) is 0 Å². The summed E-state index contributed by atoms with van der Waals surface area (Å²) in [5.74, 6) is 0.512. The molecule has 36 heavy (non-hydrogen) atoms. The number of nitrogens with one attached hydrogen (secondary N) is 2. The number of hydroxylamine groups is 1. The molecule has 2 aromatic heterocycles. The van der Waals surface area contributed by atoms with E-state index in [1.165, 1.54) is 18.2 Å². The molecule has 1 aliphatic heterocycles. The zero-order valence-electron chi connectivity index (χ0n) is 21.2. The lowest BCUT2D eigenvalue weighted by Crippen LogP contribution is -2.30. The van der Waals surface area contributed by atoms with Gasteiger partial charge in [0.1, 0.15) is 11.6 Å². The quantitative estimate of drug-likeness (QED) is 0.379. The third kappa shape index (κ3) is 6.09. The number of halogens is 1. The summed E-state index contributed by atoms with van der Waals surface area (Å²) in [5, 5.41) is 7.63. The molecular weight excluding hydrogens is 459 g/mol. The lowest BCUT2D eigenvalue weighted by molar-refractivity contribution is 0.0772. The molecule has 3 aromatic rings. The van der Waals surface area contributed by atoms with Gasteiger partial charge in [-0.1, -0.05) is 13.8 Å². The average molecular weight is 493 g/mol. The largest absolute Gasteiger partial charge is 0.371 e. The Kier molecular flexibility index (Phi) is 8.00. The van der Waals surface area contributed by atoms with Gasteiger partial charge in [0.25, 0.3) is 5.91 Å². The maximum Gasteiger partial charge on any atom is 0.284 e. The number of hydrogen-bond acceptors (Lipinski definition) is 7. The molecule has 0 radical (unpaired) electrons. The molecule has 1 aromatic carbocycles. The Bertz CT molecular complexity index is 1200. The van der Waals surface area contributed by atoms with Crippen LogP contribution in [0, 0.1) is 18.7 Å². The van der Waals surface area contributed by atoms with Crippen molar-refractivity contribution in [1.29, 1.82) is 0 Å². The predicted molar refractivity (Wildman–Crippen MR) is 141 cm³/mol. The Morgan fingerprint density at radius 1 is 1.11 bits per heavy atom. The van der Waals surface area contributed by atoms with E-state index < -0.39 is 0 Å². The molecule has 9 heteroatoms. The summed E-state index contributed by atoms with van der Waals surface area (Å²) >= 11 is 0. The molecule has 3 heterocycles. The van der Waals surface area contributed by atoms with Crippen LogP contribution in [-0.2, 0) is 4.84 Å². The van der Waals surface area contributed by atoms with Crippen molar-refractivity contribution in [2.45, 2.75) is 33.6 Å². The summed E-state index contributed by atoms with van der Waals surface area (Å²) in [6.45, 7) is 8.64. The van der Waals surface area contributed by atoms with Gasteiger partial charge >= 0.3 is 0 Å². The van der Waals surface area contributed by atoms with Gasteiger partial charge in [0, 0.05) is 31.0 Å². The average Bonchev–Trinajstić information content (AvgIpc) is 3.40. The zero-order valence-corrected chi connectivity index (χ0v) is 21.2. The molecule has 1 amide bonds. The maximum atomic E-state index is 14.3. The summed E-state index contributed by atoms with van der Waals surface area (Å²) < 4.78 is 14.3. The third-order valence-electron chi connectivity index (χ3n) is 6.00. The summed E-state index contributed by atoms with van der Waals surface area (Å²) in [7, 11) is 1.43. The maximum absolute atomic E-state index is 14.3. The minimum Gasteiger partial charge on any atom is -0.371 e. The molecular formula is C27H33FN6O2. The predicted octanol–water partition coefficient (Wildman–Crippen LogP) is 5.54. The number of anilines is 5. The molecule has 0 bridgehead atoms. The molecule has 0 spiro atoms. The normalized spacial score (nSPS) is 13.2. The van der Waals surface area contributed by atoms with Gasteiger partial charge in [0.15, 0.2) is 0 Å². The van der Waals surface area contributed by atoms with Crippen molar-refractivity contribution in [2.24, 2.45) is 5.92 Å². The van der Waals surface area contributed by atoms with Gasteiger partial charge in [-0.3, -0.25) is 14.6 Å². The van der Waals surface area contributed by atoms with Crippen molar-refractivity contribution in [2.75, 3.05) is 47.3 Å². The van der Waals surface area contributed by atoms with Gasteiger partial charge in [-0.05, 0) is 62.1 Å². The molecule has 0 atom stereocenters. The smallest absolute Gasteiger partial charge is 0.284 e. The zero-order chi connectivity index (χ0) is 25.7. The van der Waals surface area contributed by atoms with E-state index in [9.17, 15) is 9.18 Å². The Hall–Kier alpha value is -3.72. The van der Waals surface area contributed by atoms with Gasteiger partial charge in [-0.15, -0.1) is 0 Å². The first-order valence-corrected chi connectivity index (χ1v) is 12.2. The van der Waals surface area contributed by atoms with E-state index in [1.807, 2.05) is 12.1 Å². The fraction of sp³-hybridized carbons (Fsp3) is 0.370. The lowest BCUT2D eigenvalue weighted by atomic mass is 10.1. The molecule has 1 saturated heterocycles. The van der Waals surface area contributed by atoms with E-state index in [1.54, 1.807) is 37.5 Å². The molecule has 0 unspecified atom stereocenters. The van der Waals surface area contributed by atoms with Crippen molar-refractivity contribution in [3.8, 4) is 0 Å². The molecule has 1 fully saturated rings. The number of carbonyl (C=O) groups excluding carboxylic acids is 1. The molecule has 2 N–H and O–H groups in total. The number of aromatic nitrogens is 2. The van der Waals surface area contributed by atoms with Gasteiger partial charge in [0.05, 0.1) is 42.1 Å². The fourth-order valence-corrected chi connectivity index (χ4v) is 4.12. The van der Waals surface area contributed by atoms with Crippen LogP contribution in [0.4, 0.5) is 33.0 Å². The van der Waals surface area contributed by atoms with Crippen LogP contribution >= 0.6 is 0 Å². The molecule has 190 valence electrons. The molecule has 0 saturated carbocycles. The second-order valence-electron chi connectivity index (χ2n) is 9.33. The Labute approximate surface area is 211 Å². The van der Waals surface area contributed by atoms with E-state index in [0.29, 0.717) is 34.2 Å². The van der Waals surface area contributed by atoms with Crippen LogP contribution in [0.15, 0.2) is 48.8 Å². The van der Waals surface area contributed by atoms with Gasteiger partial charge < -0.3 is 15.5 Å². The highest BCUT2D eigenvalue weighted by Gasteiger charge is 2.22. The first-order valence-electron chi connectivity index (χ1n) is 12.2. The van der Waals surface area contributed by atoms with Crippen LogP contribution < -0.4 is 20.6 Å². The Balaban J connectivity index is 1.53. The SMILES string of the molecule is CON(C(=O)c1cc(Nc2cc(F)cc(N3CCCC3)c2)cnc1C)c1ccc(NCC(C)C)nc1. The third-order valence-corrected chi connectivity index (χ3v) is 6.00.